The summed E-state index contributed by atoms with van der Waals surface area (Å²) in [5.74, 6) is 2.46. The number of piperazine rings is 1. The van der Waals surface area contributed by atoms with Crippen LogP contribution in [0, 0.1) is 23.2 Å². The molecule has 1 N–H and O–H groups in total. The van der Waals surface area contributed by atoms with Crippen LogP contribution in [0.3, 0.4) is 0 Å². The molecule has 150 valence electrons. The third-order valence-electron chi connectivity index (χ3n) is 7.67. The van der Waals surface area contributed by atoms with E-state index in [9.17, 15) is 9.59 Å². The molecule has 4 saturated carbocycles. The van der Waals surface area contributed by atoms with Crippen LogP contribution in [0.2, 0.25) is 0 Å². The van der Waals surface area contributed by atoms with Crippen molar-refractivity contribution in [2.45, 2.75) is 38.5 Å². The Morgan fingerprint density at radius 1 is 0.893 bits per heavy atom. The standard InChI is InChI=1S/C23H31N3O2/c27-21(26-8-6-25(7-9-26)20-4-2-1-3-5-20)16-24-22(28)23-13-17-10-18(14-23)12-19(11-17)15-23/h1-5,17-19H,6-16H2,(H,24,28). The van der Waals surface area contributed by atoms with Gasteiger partial charge in [-0.15, -0.1) is 0 Å². The summed E-state index contributed by atoms with van der Waals surface area (Å²) in [6.45, 7) is 3.30. The molecule has 0 atom stereocenters. The first-order valence-electron chi connectivity index (χ1n) is 11.0. The molecule has 5 heteroatoms. The third kappa shape index (κ3) is 3.29. The molecule has 0 radical (unpaired) electrons. The van der Waals surface area contributed by atoms with Gasteiger partial charge in [-0.1, -0.05) is 18.2 Å². The van der Waals surface area contributed by atoms with Crippen molar-refractivity contribution in [2.75, 3.05) is 37.6 Å². The summed E-state index contributed by atoms with van der Waals surface area (Å²) in [5, 5.41) is 3.04. The zero-order valence-corrected chi connectivity index (χ0v) is 16.6. The number of nitrogens with one attached hydrogen (secondary N) is 1. The first-order valence-corrected chi connectivity index (χ1v) is 11.0. The number of para-hydroxylation sites is 1. The number of carbonyl (C=O) groups is 2. The van der Waals surface area contributed by atoms with Gasteiger partial charge >= 0.3 is 0 Å². The van der Waals surface area contributed by atoms with Crippen LogP contribution in [0.25, 0.3) is 0 Å². The van der Waals surface area contributed by atoms with E-state index in [0.717, 1.165) is 63.2 Å². The van der Waals surface area contributed by atoms with Crippen molar-refractivity contribution >= 4 is 17.5 Å². The highest BCUT2D eigenvalue weighted by molar-refractivity contribution is 5.88. The van der Waals surface area contributed by atoms with Crippen LogP contribution in [0.4, 0.5) is 5.69 Å². The molecule has 4 bridgehead atoms. The molecule has 0 aromatic heterocycles. The van der Waals surface area contributed by atoms with E-state index >= 15 is 0 Å². The number of benzene rings is 1. The predicted molar refractivity (Wildman–Crippen MR) is 109 cm³/mol. The van der Waals surface area contributed by atoms with Gasteiger partial charge in [0.1, 0.15) is 0 Å². The van der Waals surface area contributed by atoms with E-state index < -0.39 is 0 Å². The lowest BCUT2D eigenvalue weighted by Gasteiger charge is -2.55. The van der Waals surface area contributed by atoms with Crippen LogP contribution in [0.1, 0.15) is 38.5 Å². The van der Waals surface area contributed by atoms with Crippen molar-refractivity contribution < 1.29 is 9.59 Å². The number of hydrogen-bond donors (Lipinski definition) is 1. The normalized spacial score (nSPS) is 33.8. The molecule has 5 fully saturated rings. The number of nitrogens with zero attached hydrogens (tertiary/aromatic N) is 2. The van der Waals surface area contributed by atoms with Crippen LogP contribution >= 0.6 is 0 Å². The monoisotopic (exact) mass is 381 g/mol. The molecule has 5 nitrogen and oxygen atoms in total. The second kappa shape index (κ2) is 7.09. The van der Waals surface area contributed by atoms with Gasteiger partial charge in [0.25, 0.3) is 0 Å². The Balaban J connectivity index is 1.13. The van der Waals surface area contributed by atoms with Crippen molar-refractivity contribution in [3.05, 3.63) is 30.3 Å². The topological polar surface area (TPSA) is 52.7 Å². The van der Waals surface area contributed by atoms with E-state index in [1.807, 2.05) is 23.1 Å². The molecular formula is C23H31N3O2. The molecule has 6 rings (SSSR count). The largest absolute Gasteiger partial charge is 0.368 e. The van der Waals surface area contributed by atoms with E-state index in [2.05, 4.69) is 22.3 Å². The summed E-state index contributed by atoms with van der Waals surface area (Å²) in [4.78, 5) is 29.9. The SMILES string of the molecule is O=C(CNC(=O)C12CC3CC(CC(C3)C1)C2)N1CCN(c2ccccc2)CC1. The van der Waals surface area contributed by atoms with Gasteiger partial charge < -0.3 is 15.1 Å². The number of anilines is 1. The molecule has 2 amide bonds. The Bertz CT molecular complexity index is 704. The highest BCUT2D eigenvalue weighted by Crippen LogP contribution is 2.60. The Morgan fingerprint density at radius 2 is 1.46 bits per heavy atom. The smallest absolute Gasteiger partial charge is 0.242 e. The van der Waals surface area contributed by atoms with Crippen molar-refractivity contribution in [2.24, 2.45) is 23.2 Å². The van der Waals surface area contributed by atoms with E-state index in [0.29, 0.717) is 0 Å². The lowest BCUT2D eigenvalue weighted by molar-refractivity contribution is -0.148. The van der Waals surface area contributed by atoms with Crippen LogP contribution in [0.15, 0.2) is 30.3 Å². The second-order valence-corrected chi connectivity index (χ2v) is 9.58. The molecule has 1 saturated heterocycles. The van der Waals surface area contributed by atoms with Gasteiger partial charge in [0, 0.05) is 37.3 Å². The molecule has 0 unspecified atom stereocenters. The predicted octanol–water partition coefficient (Wildman–Crippen LogP) is 2.67. The van der Waals surface area contributed by atoms with Crippen molar-refractivity contribution in [3.63, 3.8) is 0 Å². The summed E-state index contributed by atoms with van der Waals surface area (Å²) in [5.41, 5.74) is 1.05. The minimum atomic E-state index is -0.166. The molecule has 1 aromatic carbocycles. The molecule has 1 aromatic rings. The van der Waals surface area contributed by atoms with Gasteiger partial charge in [0.05, 0.1) is 6.54 Å². The molecule has 1 aliphatic heterocycles. The maximum Gasteiger partial charge on any atom is 0.242 e. The van der Waals surface area contributed by atoms with Gasteiger partial charge in [0.15, 0.2) is 0 Å². The Hall–Kier alpha value is -2.04. The number of rotatable bonds is 4. The van der Waals surface area contributed by atoms with Gasteiger partial charge in [-0.3, -0.25) is 9.59 Å². The summed E-state index contributed by atoms with van der Waals surface area (Å²) >= 11 is 0. The van der Waals surface area contributed by atoms with Gasteiger partial charge in [0.2, 0.25) is 11.8 Å². The lowest BCUT2D eigenvalue weighted by Crippen LogP contribution is -2.56. The fraction of sp³-hybridized carbons (Fsp3) is 0.652. The molecule has 5 aliphatic rings. The Morgan fingerprint density at radius 3 is 2.04 bits per heavy atom. The highest BCUT2D eigenvalue weighted by Gasteiger charge is 2.54. The van der Waals surface area contributed by atoms with E-state index in [-0.39, 0.29) is 23.8 Å². The second-order valence-electron chi connectivity index (χ2n) is 9.58. The molecule has 28 heavy (non-hydrogen) atoms. The van der Waals surface area contributed by atoms with Gasteiger partial charge in [-0.2, -0.15) is 0 Å². The quantitative estimate of drug-likeness (QED) is 0.872. The number of carbonyl (C=O) groups excluding carboxylic acids is 2. The summed E-state index contributed by atoms with van der Waals surface area (Å²) in [7, 11) is 0. The summed E-state index contributed by atoms with van der Waals surface area (Å²) < 4.78 is 0. The maximum absolute atomic E-state index is 13.0. The average Bonchev–Trinajstić information content (AvgIpc) is 2.71. The fourth-order valence-corrected chi connectivity index (χ4v) is 6.70. The van der Waals surface area contributed by atoms with E-state index in [1.165, 1.54) is 24.9 Å². The van der Waals surface area contributed by atoms with Gasteiger partial charge in [-0.25, -0.2) is 0 Å². The van der Waals surface area contributed by atoms with Crippen LogP contribution < -0.4 is 10.2 Å². The van der Waals surface area contributed by atoms with Gasteiger partial charge in [-0.05, 0) is 68.4 Å². The van der Waals surface area contributed by atoms with Crippen LogP contribution in [-0.4, -0.2) is 49.4 Å². The van der Waals surface area contributed by atoms with Crippen LogP contribution in [-0.2, 0) is 9.59 Å². The molecule has 4 aliphatic carbocycles. The minimum absolute atomic E-state index is 0.0609. The Kier molecular flexibility index (Phi) is 4.56. The van der Waals surface area contributed by atoms with E-state index in [4.69, 9.17) is 0 Å². The van der Waals surface area contributed by atoms with E-state index in [1.54, 1.807) is 0 Å². The number of amides is 2. The molecule has 1 heterocycles. The average molecular weight is 382 g/mol. The zero-order chi connectivity index (χ0) is 19.1. The molecule has 0 spiro atoms. The third-order valence-corrected chi connectivity index (χ3v) is 7.67. The Labute approximate surface area is 167 Å². The minimum Gasteiger partial charge on any atom is -0.368 e. The summed E-state index contributed by atoms with van der Waals surface area (Å²) in [6, 6.07) is 10.3. The maximum atomic E-state index is 13.0. The lowest BCUT2D eigenvalue weighted by atomic mass is 9.49. The molecular weight excluding hydrogens is 350 g/mol. The fourth-order valence-electron chi connectivity index (χ4n) is 6.70. The van der Waals surface area contributed by atoms with Crippen molar-refractivity contribution in [1.82, 2.24) is 10.2 Å². The zero-order valence-electron chi connectivity index (χ0n) is 16.6. The van der Waals surface area contributed by atoms with Crippen LogP contribution in [0.5, 0.6) is 0 Å². The highest BCUT2D eigenvalue weighted by atomic mass is 16.2. The first-order chi connectivity index (χ1) is 13.6. The first kappa shape index (κ1) is 18.0. The van der Waals surface area contributed by atoms with Crippen molar-refractivity contribution in [1.29, 1.82) is 0 Å². The number of hydrogen-bond acceptors (Lipinski definition) is 3. The summed E-state index contributed by atoms with van der Waals surface area (Å²) in [6.07, 6.45) is 7.14. The van der Waals surface area contributed by atoms with Crippen molar-refractivity contribution in [3.8, 4) is 0 Å².